The molecule has 0 saturated carbocycles. The van der Waals surface area contributed by atoms with Crippen molar-refractivity contribution in [2.24, 2.45) is 0 Å². The smallest absolute Gasteiger partial charge is 0.274 e. The third-order valence-electron chi connectivity index (χ3n) is 4.10. The summed E-state index contributed by atoms with van der Waals surface area (Å²) in [6.45, 7) is 1.92. The fourth-order valence-corrected chi connectivity index (χ4v) is 2.85. The van der Waals surface area contributed by atoms with E-state index in [9.17, 15) is 4.79 Å². The first-order valence-electron chi connectivity index (χ1n) is 7.91. The van der Waals surface area contributed by atoms with Gasteiger partial charge in [0.25, 0.3) is 5.91 Å². The molecule has 3 aromatic rings. The van der Waals surface area contributed by atoms with Crippen molar-refractivity contribution < 1.29 is 4.79 Å². The maximum atomic E-state index is 12.5. The van der Waals surface area contributed by atoms with Crippen LogP contribution in [-0.2, 0) is 0 Å². The number of nitrogens with one attached hydrogen (secondary N) is 2. The zero-order valence-corrected chi connectivity index (χ0v) is 13.1. The summed E-state index contributed by atoms with van der Waals surface area (Å²) in [5.41, 5.74) is 4.41. The lowest BCUT2D eigenvalue weighted by atomic mass is 10.0. The van der Waals surface area contributed by atoms with Gasteiger partial charge in [-0.1, -0.05) is 18.2 Å². The molecule has 24 heavy (non-hydrogen) atoms. The van der Waals surface area contributed by atoms with Crippen molar-refractivity contribution in [3.8, 4) is 0 Å². The van der Waals surface area contributed by atoms with Gasteiger partial charge in [-0.25, -0.2) is 9.50 Å². The van der Waals surface area contributed by atoms with E-state index in [1.807, 2.05) is 24.3 Å². The number of carbonyl (C=O) groups excluding carboxylic acids is 1. The van der Waals surface area contributed by atoms with E-state index in [1.54, 1.807) is 24.5 Å². The number of benzene rings is 1. The summed E-state index contributed by atoms with van der Waals surface area (Å²) in [5, 5.41) is 10.4. The number of anilines is 1. The van der Waals surface area contributed by atoms with Gasteiger partial charge in [-0.2, -0.15) is 5.10 Å². The predicted octanol–water partition coefficient (Wildman–Crippen LogP) is 2.36. The molecule has 120 valence electrons. The van der Waals surface area contributed by atoms with E-state index in [2.05, 4.69) is 26.8 Å². The van der Waals surface area contributed by atoms with E-state index in [0.29, 0.717) is 11.3 Å². The van der Waals surface area contributed by atoms with Gasteiger partial charge in [0.1, 0.15) is 5.69 Å². The molecule has 1 amide bonds. The molecule has 3 heterocycles. The highest BCUT2D eigenvalue weighted by atomic mass is 16.2. The average Bonchev–Trinajstić information content (AvgIpc) is 3.12. The summed E-state index contributed by atoms with van der Waals surface area (Å²) in [5.74, 6) is -0.208. The van der Waals surface area contributed by atoms with E-state index in [1.165, 1.54) is 15.7 Å². The second-order valence-corrected chi connectivity index (χ2v) is 5.65. The zero-order valence-electron chi connectivity index (χ0n) is 13.1. The minimum Gasteiger partial charge on any atom is -0.321 e. The highest BCUT2D eigenvalue weighted by Gasteiger charge is 2.12. The van der Waals surface area contributed by atoms with E-state index in [0.717, 1.165) is 25.2 Å². The van der Waals surface area contributed by atoms with Crippen molar-refractivity contribution >= 4 is 22.8 Å². The summed E-state index contributed by atoms with van der Waals surface area (Å²) in [6.07, 6.45) is 6.47. The van der Waals surface area contributed by atoms with Gasteiger partial charge in [-0.3, -0.25) is 4.79 Å². The third kappa shape index (κ3) is 2.79. The van der Waals surface area contributed by atoms with Gasteiger partial charge >= 0.3 is 0 Å². The summed E-state index contributed by atoms with van der Waals surface area (Å²) in [6, 6.07) is 11.4. The minimum atomic E-state index is -0.208. The molecule has 0 fully saturated rings. The number of nitrogens with zero attached hydrogens (tertiary/aromatic N) is 3. The number of fused-ring (bicyclic) bond motifs is 1. The van der Waals surface area contributed by atoms with E-state index >= 15 is 0 Å². The quantitative estimate of drug-likeness (QED) is 0.777. The minimum absolute atomic E-state index is 0.208. The van der Waals surface area contributed by atoms with Gasteiger partial charge in [-0.05, 0) is 42.3 Å². The van der Waals surface area contributed by atoms with Gasteiger partial charge < -0.3 is 10.6 Å². The standard InChI is InChI=1S/C18H17N5O/c24-18(16-7-11-20-17-8-12-21-23(16)17)22-15-3-1-13(2-4-15)14-5-9-19-10-6-14/h1-5,7-8,11-12,19H,6,9-10H2,(H,22,24). The normalized spacial score (nSPS) is 14.4. The molecule has 0 saturated heterocycles. The summed E-state index contributed by atoms with van der Waals surface area (Å²) in [4.78, 5) is 16.7. The highest BCUT2D eigenvalue weighted by molar-refractivity contribution is 6.03. The molecular weight excluding hydrogens is 302 g/mol. The fourth-order valence-electron chi connectivity index (χ4n) is 2.85. The van der Waals surface area contributed by atoms with Crippen LogP contribution < -0.4 is 10.6 Å². The maximum Gasteiger partial charge on any atom is 0.274 e. The molecule has 2 N–H and O–H groups in total. The van der Waals surface area contributed by atoms with Crippen molar-refractivity contribution in [3.63, 3.8) is 0 Å². The van der Waals surface area contributed by atoms with Crippen LogP contribution in [0.25, 0.3) is 11.2 Å². The summed E-state index contributed by atoms with van der Waals surface area (Å²) >= 11 is 0. The van der Waals surface area contributed by atoms with Crippen LogP contribution in [0.5, 0.6) is 0 Å². The third-order valence-corrected chi connectivity index (χ3v) is 4.10. The number of hydrogen-bond acceptors (Lipinski definition) is 4. The molecule has 0 bridgehead atoms. The molecule has 6 heteroatoms. The second-order valence-electron chi connectivity index (χ2n) is 5.65. The molecule has 1 aromatic carbocycles. The number of hydrogen-bond donors (Lipinski definition) is 2. The maximum absolute atomic E-state index is 12.5. The van der Waals surface area contributed by atoms with E-state index in [-0.39, 0.29) is 5.91 Å². The molecule has 2 aromatic heterocycles. The molecule has 1 aliphatic rings. The Morgan fingerprint density at radius 1 is 1.12 bits per heavy atom. The topological polar surface area (TPSA) is 71.3 Å². The zero-order chi connectivity index (χ0) is 16.4. The molecule has 0 radical (unpaired) electrons. The van der Waals surface area contributed by atoms with Gasteiger partial charge in [0.2, 0.25) is 0 Å². The van der Waals surface area contributed by atoms with Gasteiger partial charge in [-0.15, -0.1) is 0 Å². The van der Waals surface area contributed by atoms with E-state index < -0.39 is 0 Å². The Balaban J connectivity index is 1.54. The van der Waals surface area contributed by atoms with E-state index in [4.69, 9.17) is 0 Å². The van der Waals surface area contributed by atoms with Gasteiger partial charge in [0, 0.05) is 24.5 Å². The first kappa shape index (κ1) is 14.6. The Bertz CT molecular complexity index is 911. The van der Waals surface area contributed by atoms with Gasteiger partial charge in [0.15, 0.2) is 5.65 Å². The molecular formula is C18H17N5O. The van der Waals surface area contributed by atoms with Crippen LogP contribution in [0.1, 0.15) is 22.5 Å². The second kappa shape index (κ2) is 6.25. The van der Waals surface area contributed by atoms with Crippen LogP contribution in [0.2, 0.25) is 0 Å². The van der Waals surface area contributed by atoms with Crippen LogP contribution in [0, 0.1) is 0 Å². The van der Waals surface area contributed by atoms with Crippen molar-refractivity contribution in [1.82, 2.24) is 19.9 Å². The first-order valence-corrected chi connectivity index (χ1v) is 7.91. The van der Waals surface area contributed by atoms with Crippen LogP contribution in [0.15, 0.2) is 54.9 Å². The molecule has 0 aliphatic carbocycles. The number of carbonyl (C=O) groups is 1. The largest absolute Gasteiger partial charge is 0.321 e. The molecule has 0 atom stereocenters. The lowest BCUT2D eigenvalue weighted by molar-refractivity contribution is 0.102. The van der Waals surface area contributed by atoms with Crippen LogP contribution in [-0.4, -0.2) is 33.6 Å². The summed E-state index contributed by atoms with van der Waals surface area (Å²) < 4.78 is 1.53. The molecule has 4 rings (SSSR count). The number of rotatable bonds is 3. The predicted molar refractivity (Wildman–Crippen MR) is 92.8 cm³/mol. The summed E-state index contributed by atoms with van der Waals surface area (Å²) in [7, 11) is 0. The Kier molecular flexibility index (Phi) is 3.80. The molecule has 1 aliphatic heterocycles. The van der Waals surface area contributed by atoms with Crippen molar-refractivity contribution in [2.45, 2.75) is 6.42 Å². The van der Waals surface area contributed by atoms with Crippen LogP contribution >= 0.6 is 0 Å². The fraction of sp³-hybridized carbons (Fsp3) is 0.167. The lowest BCUT2D eigenvalue weighted by Gasteiger charge is -2.14. The first-order chi connectivity index (χ1) is 11.8. The molecule has 0 spiro atoms. The lowest BCUT2D eigenvalue weighted by Crippen LogP contribution is -2.20. The van der Waals surface area contributed by atoms with Crippen LogP contribution in [0.4, 0.5) is 5.69 Å². The Labute approximate surface area is 139 Å². The average molecular weight is 319 g/mol. The SMILES string of the molecule is O=C(Nc1ccc(C2=CCNCC2)cc1)c1ccnc2ccnn12. The van der Waals surface area contributed by atoms with Crippen molar-refractivity contribution in [2.75, 3.05) is 18.4 Å². The molecule has 0 unspecified atom stereocenters. The molecule has 6 nitrogen and oxygen atoms in total. The number of amides is 1. The van der Waals surface area contributed by atoms with Crippen molar-refractivity contribution in [3.05, 3.63) is 66.1 Å². The monoisotopic (exact) mass is 319 g/mol. The number of aromatic nitrogens is 3. The Morgan fingerprint density at radius 3 is 2.79 bits per heavy atom. The van der Waals surface area contributed by atoms with Gasteiger partial charge in [0.05, 0.1) is 6.20 Å². The Hall–Kier alpha value is -2.99. The highest BCUT2D eigenvalue weighted by Crippen LogP contribution is 2.21. The Morgan fingerprint density at radius 2 is 2.00 bits per heavy atom. The van der Waals surface area contributed by atoms with Crippen LogP contribution in [0.3, 0.4) is 0 Å². The van der Waals surface area contributed by atoms with Crippen molar-refractivity contribution in [1.29, 1.82) is 0 Å².